The zero-order valence-corrected chi connectivity index (χ0v) is 9.50. The lowest BCUT2D eigenvalue weighted by Gasteiger charge is -2.17. The van der Waals surface area contributed by atoms with E-state index in [1.54, 1.807) is 11.8 Å². The number of hydrogen-bond acceptors (Lipinski definition) is 3. The van der Waals surface area contributed by atoms with Crippen LogP contribution in [0.3, 0.4) is 0 Å². The fourth-order valence-corrected chi connectivity index (χ4v) is 2.50. The molecule has 3 heteroatoms. The van der Waals surface area contributed by atoms with Crippen LogP contribution in [0.5, 0.6) is 0 Å². The molecule has 1 atom stereocenters. The Morgan fingerprint density at radius 1 is 1.33 bits per heavy atom. The molecule has 0 amide bonds. The van der Waals surface area contributed by atoms with Crippen molar-refractivity contribution >= 4 is 16.9 Å². The summed E-state index contributed by atoms with van der Waals surface area (Å²) in [6, 6.07) is 10.4. The molecule has 0 spiro atoms. The summed E-state index contributed by atoms with van der Waals surface area (Å²) in [5.41, 5.74) is 8.17. The summed E-state index contributed by atoms with van der Waals surface area (Å²) in [5, 5.41) is 0.988. The summed E-state index contributed by atoms with van der Waals surface area (Å²) in [5.74, 6) is 0. The van der Waals surface area contributed by atoms with Gasteiger partial charge in [0.2, 0.25) is 0 Å². The van der Waals surface area contributed by atoms with E-state index in [1.807, 2.05) is 6.07 Å². The highest BCUT2D eigenvalue weighted by Crippen LogP contribution is 2.35. The molecule has 78 valence electrons. The minimum Gasteiger partial charge on any atom is -0.378 e. The second-order valence-corrected chi connectivity index (χ2v) is 4.57. The van der Waals surface area contributed by atoms with E-state index in [4.69, 9.17) is 5.73 Å². The van der Waals surface area contributed by atoms with Gasteiger partial charge in [-0.15, -0.1) is 0 Å². The van der Waals surface area contributed by atoms with Crippen LogP contribution in [-0.2, 0) is 0 Å². The Balaban J connectivity index is 2.26. The Labute approximate surface area is 94.3 Å². The number of nitrogens with two attached hydrogens (primary N) is 1. The number of allylic oxidation sites excluding steroid dienone is 1. The highest BCUT2D eigenvalue weighted by Gasteiger charge is 2.16. The van der Waals surface area contributed by atoms with Gasteiger partial charge in [0, 0.05) is 5.70 Å². The first-order chi connectivity index (χ1) is 7.29. The monoisotopic (exact) mass is 218 g/mol. The fourth-order valence-electron chi connectivity index (χ4n) is 1.55. The molecule has 2 N–H and O–H groups in total. The molecular formula is C12H14N2S. The molecule has 15 heavy (non-hydrogen) atoms. The van der Waals surface area contributed by atoms with Crippen molar-refractivity contribution in [2.45, 2.75) is 18.6 Å². The Hall–Kier alpha value is -1.22. The maximum atomic E-state index is 5.80. The lowest BCUT2D eigenvalue weighted by atomic mass is 10.1. The Morgan fingerprint density at radius 2 is 2.07 bits per heavy atom. The first kappa shape index (κ1) is 10.3. The highest BCUT2D eigenvalue weighted by molar-refractivity contribution is 8.14. The van der Waals surface area contributed by atoms with Crippen molar-refractivity contribution in [2.24, 2.45) is 10.7 Å². The summed E-state index contributed by atoms with van der Waals surface area (Å²) >= 11 is 1.61. The predicted octanol–water partition coefficient (Wildman–Crippen LogP) is 3.08. The molecule has 2 rings (SSSR count). The van der Waals surface area contributed by atoms with Crippen LogP contribution in [0.4, 0.5) is 0 Å². The van der Waals surface area contributed by atoms with Gasteiger partial charge in [-0.2, -0.15) is 0 Å². The molecule has 1 heterocycles. The normalized spacial score (nSPS) is 20.7. The minimum atomic E-state index is 0.318. The molecule has 0 radical (unpaired) electrons. The van der Waals surface area contributed by atoms with Crippen molar-refractivity contribution in [2.75, 3.05) is 0 Å². The molecule has 2 nitrogen and oxygen atoms in total. The van der Waals surface area contributed by atoms with E-state index in [9.17, 15) is 0 Å². The highest BCUT2D eigenvalue weighted by atomic mass is 32.2. The van der Waals surface area contributed by atoms with Gasteiger partial charge in [-0.3, -0.25) is 0 Å². The van der Waals surface area contributed by atoms with Crippen LogP contribution in [0.15, 0.2) is 47.1 Å². The third kappa shape index (κ3) is 2.42. The van der Waals surface area contributed by atoms with Gasteiger partial charge >= 0.3 is 0 Å². The van der Waals surface area contributed by atoms with Gasteiger partial charge in [0.05, 0.1) is 5.25 Å². The summed E-state index contributed by atoms with van der Waals surface area (Å²) < 4.78 is 0. The number of nitrogens with zero attached hydrogens (tertiary/aromatic N) is 1. The second kappa shape index (κ2) is 4.53. The van der Waals surface area contributed by atoms with Crippen molar-refractivity contribution < 1.29 is 0 Å². The third-order valence-electron chi connectivity index (χ3n) is 2.34. The maximum absolute atomic E-state index is 5.80. The molecule has 1 aromatic rings. The van der Waals surface area contributed by atoms with Crippen molar-refractivity contribution in [1.82, 2.24) is 0 Å². The summed E-state index contributed by atoms with van der Waals surface area (Å²) in [6.07, 6.45) is 3.13. The van der Waals surface area contributed by atoms with Gasteiger partial charge in [-0.25, -0.2) is 4.99 Å². The maximum Gasteiger partial charge on any atom is 0.159 e. The molecule has 0 bridgehead atoms. The van der Waals surface area contributed by atoms with Crippen LogP contribution in [0.1, 0.15) is 24.2 Å². The number of benzene rings is 1. The Kier molecular flexibility index (Phi) is 3.11. The van der Waals surface area contributed by atoms with Crippen molar-refractivity contribution in [3.63, 3.8) is 0 Å². The molecule has 1 aliphatic rings. The van der Waals surface area contributed by atoms with Crippen LogP contribution < -0.4 is 5.73 Å². The van der Waals surface area contributed by atoms with E-state index in [0.717, 1.165) is 12.1 Å². The second-order valence-electron chi connectivity index (χ2n) is 3.41. The molecule has 0 unspecified atom stereocenters. The van der Waals surface area contributed by atoms with Crippen LogP contribution in [0.2, 0.25) is 0 Å². The average molecular weight is 218 g/mol. The largest absolute Gasteiger partial charge is 0.378 e. The zero-order valence-electron chi connectivity index (χ0n) is 8.68. The first-order valence-corrected chi connectivity index (χ1v) is 5.94. The molecule has 0 saturated carbocycles. The molecule has 0 aromatic heterocycles. The van der Waals surface area contributed by atoms with Crippen LogP contribution in [0.25, 0.3) is 0 Å². The van der Waals surface area contributed by atoms with E-state index in [1.165, 1.54) is 5.56 Å². The standard InChI is InChI=1S/C12H14N2S/c1-2-10-8-11(15-12(13)14-10)9-6-4-3-5-7-9/h3-8,11H,2H2,1H3,(H2,13,14)/t11-/m0/s1. The number of thioether (sulfide) groups is 1. The zero-order chi connectivity index (χ0) is 10.7. The SMILES string of the molecule is CCC1=C[C@@H](c2ccccc2)SC(N)=N1. The lowest BCUT2D eigenvalue weighted by molar-refractivity contribution is 1.03. The van der Waals surface area contributed by atoms with E-state index in [0.29, 0.717) is 10.4 Å². The number of hydrogen-bond donors (Lipinski definition) is 1. The molecular weight excluding hydrogens is 204 g/mol. The molecule has 0 saturated heterocycles. The van der Waals surface area contributed by atoms with Gasteiger partial charge in [-0.05, 0) is 18.1 Å². The van der Waals surface area contributed by atoms with Crippen molar-refractivity contribution in [1.29, 1.82) is 0 Å². The number of aliphatic imine (C=N–C) groups is 1. The molecule has 0 fully saturated rings. The minimum absolute atomic E-state index is 0.318. The first-order valence-electron chi connectivity index (χ1n) is 5.06. The van der Waals surface area contributed by atoms with Gasteiger partial charge in [0.15, 0.2) is 5.17 Å². The number of amidine groups is 1. The van der Waals surface area contributed by atoms with Gasteiger partial charge in [0.1, 0.15) is 0 Å². The van der Waals surface area contributed by atoms with E-state index < -0.39 is 0 Å². The topological polar surface area (TPSA) is 38.4 Å². The number of rotatable bonds is 2. The van der Waals surface area contributed by atoms with E-state index in [2.05, 4.69) is 42.3 Å². The summed E-state index contributed by atoms with van der Waals surface area (Å²) in [4.78, 5) is 4.29. The fraction of sp³-hybridized carbons (Fsp3) is 0.250. The van der Waals surface area contributed by atoms with E-state index >= 15 is 0 Å². The van der Waals surface area contributed by atoms with Gasteiger partial charge in [0.25, 0.3) is 0 Å². The van der Waals surface area contributed by atoms with Crippen LogP contribution in [0, 0.1) is 0 Å². The lowest BCUT2D eigenvalue weighted by Crippen LogP contribution is -2.12. The van der Waals surface area contributed by atoms with Gasteiger partial charge in [-0.1, -0.05) is 49.0 Å². The van der Waals surface area contributed by atoms with Crippen molar-refractivity contribution in [3.8, 4) is 0 Å². The molecule has 0 aliphatic carbocycles. The third-order valence-corrected chi connectivity index (χ3v) is 3.33. The molecule has 1 aliphatic heterocycles. The van der Waals surface area contributed by atoms with Crippen LogP contribution >= 0.6 is 11.8 Å². The average Bonchev–Trinajstić information content (AvgIpc) is 2.29. The summed E-state index contributed by atoms with van der Waals surface area (Å²) in [7, 11) is 0. The Bertz CT molecular complexity index is 395. The van der Waals surface area contributed by atoms with Crippen LogP contribution in [-0.4, -0.2) is 5.17 Å². The predicted molar refractivity (Wildman–Crippen MR) is 66.8 cm³/mol. The summed E-state index contributed by atoms with van der Waals surface area (Å²) in [6.45, 7) is 2.10. The quantitative estimate of drug-likeness (QED) is 0.828. The van der Waals surface area contributed by atoms with E-state index in [-0.39, 0.29) is 0 Å². The Morgan fingerprint density at radius 3 is 2.73 bits per heavy atom. The van der Waals surface area contributed by atoms with Crippen molar-refractivity contribution in [3.05, 3.63) is 47.7 Å². The molecule has 1 aromatic carbocycles. The smallest absolute Gasteiger partial charge is 0.159 e. The van der Waals surface area contributed by atoms with Gasteiger partial charge < -0.3 is 5.73 Å².